The second-order valence-corrected chi connectivity index (χ2v) is 5.86. The molecule has 0 radical (unpaired) electrons. The first-order valence-corrected chi connectivity index (χ1v) is 7.94. The minimum Gasteiger partial charge on any atom is -0.461 e. The maximum atomic E-state index is 11.8. The number of nitrogen functional groups attached to an aromatic ring is 1. The molecule has 6 nitrogen and oxygen atoms in total. The Bertz CT molecular complexity index is 470. The van der Waals surface area contributed by atoms with Gasteiger partial charge in [-0.3, -0.25) is 0 Å². The predicted molar refractivity (Wildman–Crippen MR) is 76.5 cm³/mol. The van der Waals surface area contributed by atoms with Gasteiger partial charge in [0.15, 0.2) is 5.13 Å². The summed E-state index contributed by atoms with van der Waals surface area (Å²) in [6, 6.07) is 0. The van der Waals surface area contributed by atoms with Gasteiger partial charge >= 0.3 is 5.97 Å². The fraction of sp³-hybridized carbons (Fsp3) is 0.545. The molecule has 0 aliphatic carbocycles. The van der Waals surface area contributed by atoms with Gasteiger partial charge in [0.2, 0.25) is 5.71 Å². The Hall–Kier alpha value is -1.28. The first kappa shape index (κ1) is 14.1. The van der Waals surface area contributed by atoms with Crippen LogP contribution in [-0.4, -0.2) is 40.9 Å². The standard InChI is InChI=1S/C11H15N3O3S2/c1-2-16-10(15)9(8-6-19-11(12)13-8)14-17-7-3-4-18-5-7/h6-7H,2-5H2,1H3,(H2,12,13)/b14-9-. The van der Waals surface area contributed by atoms with Gasteiger partial charge in [0, 0.05) is 11.1 Å². The number of carbonyl (C=O) groups is 1. The quantitative estimate of drug-likeness (QED) is 0.504. The van der Waals surface area contributed by atoms with E-state index < -0.39 is 5.97 Å². The summed E-state index contributed by atoms with van der Waals surface area (Å²) in [6.07, 6.45) is 0.981. The Morgan fingerprint density at radius 1 is 1.68 bits per heavy atom. The SMILES string of the molecule is CCOC(=O)/C(=N\OC1CCSC1)c1csc(N)n1. The summed E-state index contributed by atoms with van der Waals surface area (Å²) in [6.45, 7) is 2.01. The van der Waals surface area contributed by atoms with Crippen molar-refractivity contribution in [3.63, 3.8) is 0 Å². The van der Waals surface area contributed by atoms with E-state index in [1.165, 1.54) is 11.3 Å². The van der Waals surface area contributed by atoms with Crippen LogP contribution in [-0.2, 0) is 14.4 Å². The average Bonchev–Trinajstić information content (AvgIpc) is 3.02. The number of aromatic nitrogens is 1. The second-order valence-electron chi connectivity index (χ2n) is 3.82. The lowest BCUT2D eigenvalue weighted by atomic mass is 10.3. The van der Waals surface area contributed by atoms with Crippen molar-refractivity contribution in [2.45, 2.75) is 19.4 Å². The van der Waals surface area contributed by atoms with Crippen LogP contribution in [0.5, 0.6) is 0 Å². The highest BCUT2D eigenvalue weighted by Gasteiger charge is 2.22. The number of nitrogens with zero attached hydrogens (tertiary/aromatic N) is 2. The molecular weight excluding hydrogens is 286 g/mol. The Morgan fingerprint density at radius 3 is 3.11 bits per heavy atom. The highest BCUT2D eigenvalue weighted by atomic mass is 32.2. The van der Waals surface area contributed by atoms with Crippen LogP contribution in [0.3, 0.4) is 0 Å². The van der Waals surface area contributed by atoms with Crippen molar-refractivity contribution in [3.05, 3.63) is 11.1 Å². The number of anilines is 1. The van der Waals surface area contributed by atoms with Crippen molar-refractivity contribution >= 4 is 39.9 Å². The third-order valence-electron chi connectivity index (χ3n) is 2.41. The molecule has 8 heteroatoms. The van der Waals surface area contributed by atoms with E-state index >= 15 is 0 Å². The van der Waals surface area contributed by atoms with Crippen LogP contribution < -0.4 is 5.73 Å². The van der Waals surface area contributed by atoms with Crippen LogP contribution in [0.15, 0.2) is 10.5 Å². The fourth-order valence-electron chi connectivity index (χ4n) is 1.51. The largest absolute Gasteiger partial charge is 0.461 e. The van der Waals surface area contributed by atoms with Gasteiger partial charge in [-0.25, -0.2) is 9.78 Å². The number of hydrogen-bond donors (Lipinski definition) is 1. The van der Waals surface area contributed by atoms with Gasteiger partial charge in [-0.2, -0.15) is 11.8 Å². The monoisotopic (exact) mass is 301 g/mol. The first-order chi connectivity index (χ1) is 9.20. The molecule has 1 aromatic rings. The normalized spacial score (nSPS) is 19.4. The third-order valence-corrected chi connectivity index (χ3v) is 4.22. The first-order valence-electron chi connectivity index (χ1n) is 5.90. The van der Waals surface area contributed by atoms with E-state index in [-0.39, 0.29) is 18.4 Å². The Balaban J connectivity index is 2.13. The molecule has 1 fully saturated rings. The Kier molecular flexibility index (Phi) is 5.03. The molecule has 1 saturated heterocycles. The number of thiazole rings is 1. The summed E-state index contributed by atoms with van der Waals surface area (Å²) in [5.74, 6) is 1.40. The van der Waals surface area contributed by atoms with E-state index in [2.05, 4.69) is 10.1 Å². The van der Waals surface area contributed by atoms with E-state index in [4.69, 9.17) is 15.3 Å². The summed E-state index contributed by atoms with van der Waals surface area (Å²) in [4.78, 5) is 21.3. The average molecular weight is 301 g/mol. The fourth-order valence-corrected chi connectivity index (χ4v) is 3.14. The number of ether oxygens (including phenoxy) is 1. The summed E-state index contributed by atoms with van der Waals surface area (Å²) in [5.41, 5.74) is 6.04. The molecule has 1 aliphatic rings. The maximum absolute atomic E-state index is 11.8. The molecule has 1 aliphatic heterocycles. The minimum absolute atomic E-state index is 0.0467. The zero-order valence-corrected chi connectivity index (χ0v) is 12.1. The zero-order valence-electron chi connectivity index (χ0n) is 10.5. The molecule has 0 aromatic carbocycles. The van der Waals surface area contributed by atoms with Crippen LogP contribution in [0.25, 0.3) is 0 Å². The van der Waals surface area contributed by atoms with E-state index in [1.54, 1.807) is 12.3 Å². The molecule has 2 heterocycles. The highest BCUT2D eigenvalue weighted by molar-refractivity contribution is 7.99. The topological polar surface area (TPSA) is 86.8 Å². The summed E-state index contributed by atoms with van der Waals surface area (Å²) < 4.78 is 4.95. The Morgan fingerprint density at radius 2 is 2.53 bits per heavy atom. The molecule has 2 rings (SSSR count). The lowest BCUT2D eigenvalue weighted by Gasteiger charge is -2.08. The van der Waals surface area contributed by atoms with E-state index in [9.17, 15) is 4.79 Å². The lowest BCUT2D eigenvalue weighted by Crippen LogP contribution is -2.21. The molecule has 0 saturated carbocycles. The molecule has 2 N–H and O–H groups in total. The zero-order chi connectivity index (χ0) is 13.7. The van der Waals surface area contributed by atoms with Gasteiger partial charge in [0.05, 0.1) is 6.61 Å². The van der Waals surface area contributed by atoms with Crippen LogP contribution in [0, 0.1) is 0 Å². The number of nitrogens with two attached hydrogens (primary N) is 1. The van der Waals surface area contributed by atoms with Crippen LogP contribution in [0.4, 0.5) is 5.13 Å². The van der Waals surface area contributed by atoms with Crippen molar-refractivity contribution in [2.75, 3.05) is 23.8 Å². The smallest absolute Gasteiger partial charge is 0.362 e. The van der Waals surface area contributed by atoms with Crippen LogP contribution in [0.1, 0.15) is 19.0 Å². The summed E-state index contributed by atoms with van der Waals surface area (Å²) >= 11 is 3.05. The number of carbonyl (C=O) groups excluding carboxylic acids is 1. The molecular formula is C11H15N3O3S2. The third kappa shape index (κ3) is 3.84. The summed E-state index contributed by atoms with van der Waals surface area (Å²) in [5, 5.41) is 5.97. The highest BCUT2D eigenvalue weighted by Crippen LogP contribution is 2.21. The molecule has 1 atom stereocenters. The van der Waals surface area contributed by atoms with E-state index in [1.807, 2.05) is 11.8 Å². The van der Waals surface area contributed by atoms with Gasteiger partial charge < -0.3 is 15.3 Å². The number of rotatable bonds is 5. The number of hydrogen-bond acceptors (Lipinski definition) is 8. The van der Waals surface area contributed by atoms with Crippen LogP contribution in [0.2, 0.25) is 0 Å². The summed E-state index contributed by atoms with van der Waals surface area (Å²) in [7, 11) is 0. The van der Waals surface area contributed by atoms with Crippen molar-refractivity contribution in [1.29, 1.82) is 0 Å². The number of esters is 1. The molecule has 104 valence electrons. The Labute approximate surface area is 119 Å². The molecule has 0 amide bonds. The molecule has 1 unspecified atom stereocenters. The number of oxime groups is 1. The van der Waals surface area contributed by atoms with Gasteiger partial charge in [-0.05, 0) is 19.1 Å². The van der Waals surface area contributed by atoms with E-state index in [0.717, 1.165) is 17.9 Å². The lowest BCUT2D eigenvalue weighted by molar-refractivity contribution is -0.135. The van der Waals surface area contributed by atoms with Crippen molar-refractivity contribution < 1.29 is 14.4 Å². The van der Waals surface area contributed by atoms with Crippen LogP contribution >= 0.6 is 23.1 Å². The second kappa shape index (κ2) is 6.76. The molecule has 0 bridgehead atoms. The maximum Gasteiger partial charge on any atom is 0.362 e. The molecule has 0 spiro atoms. The van der Waals surface area contributed by atoms with Crippen molar-refractivity contribution in [2.24, 2.45) is 5.16 Å². The van der Waals surface area contributed by atoms with Gasteiger partial charge in [-0.1, -0.05) is 5.16 Å². The number of thioether (sulfide) groups is 1. The predicted octanol–water partition coefficient (Wildman–Crippen LogP) is 1.51. The van der Waals surface area contributed by atoms with Gasteiger partial charge in [0.1, 0.15) is 11.8 Å². The minimum atomic E-state index is -0.543. The van der Waals surface area contributed by atoms with Crippen molar-refractivity contribution in [3.8, 4) is 0 Å². The van der Waals surface area contributed by atoms with Gasteiger partial charge in [0.25, 0.3) is 0 Å². The van der Waals surface area contributed by atoms with Gasteiger partial charge in [-0.15, -0.1) is 11.3 Å². The molecule has 1 aromatic heterocycles. The van der Waals surface area contributed by atoms with E-state index in [0.29, 0.717) is 10.8 Å². The molecule has 19 heavy (non-hydrogen) atoms. The van der Waals surface area contributed by atoms with Crippen molar-refractivity contribution in [1.82, 2.24) is 4.98 Å².